The van der Waals surface area contributed by atoms with Crippen LogP contribution >= 0.6 is 0 Å². The van der Waals surface area contributed by atoms with Crippen LogP contribution in [-0.2, 0) is 11.2 Å². The molecule has 0 saturated carbocycles. The molecule has 0 N–H and O–H groups in total. The summed E-state index contributed by atoms with van der Waals surface area (Å²) in [6, 6.07) is 11.7. The Labute approximate surface area is 145 Å². The molecule has 1 saturated heterocycles. The summed E-state index contributed by atoms with van der Waals surface area (Å²) in [6.45, 7) is 3.29. The quantitative estimate of drug-likeness (QED) is 0.733. The van der Waals surface area contributed by atoms with Crippen LogP contribution in [0.15, 0.2) is 53.3 Å². The molecule has 1 aliphatic rings. The highest BCUT2D eigenvalue weighted by molar-refractivity contribution is 5.79. The summed E-state index contributed by atoms with van der Waals surface area (Å²) >= 11 is 0. The van der Waals surface area contributed by atoms with Crippen molar-refractivity contribution in [3.8, 4) is 11.4 Å². The van der Waals surface area contributed by atoms with Gasteiger partial charge in [-0.25, -0.2) is 0 Å². The topological polar surface area (TPSA) is 72.1 Å². The highest BCUT2D eigenvalue weighted by atomic mass is 16.5. The van der Waals surface area contributed by atoms with E-state index in [1.165, 1.54) is 5.56 Å². The maximum absolute atomic E-state index is 12.4. The van der Waals surface area contributed by atoms with Gasteiger partial charge in [-0.1, -0.05) is 35.0 Å². The smallest absolute Gasteiger partial charge is 0.233 e. The summed E-state index contributed by atoms with van der Waals surface area (Å²) in [4.78, 5) is 22.6. The number of carbonyl (C=O) groups is 1. The van der Waals surface area contributed by atoms with Crippen molar-refractivity contribution < 1.29 is 9.32 Å². The van der Waals surface area contributed by atoms with Crippen molar-refractivity contribution in [2.45, 2.75) is 19.3 Å². The second-order valence-corrected chi connectivity index (χ2v) is 6.35. The molecule has 126 valence electrons. The predicted molar refractivity (Wildman–Crippen MR) is 91.7 cm³/mol. The van der Waals surface area contributed by atoms with Gasteiger partial charge < -0.3 is 9.42 Å². The molecule has 0 aliphatic carbocycles. The molecule has 1 aromatic carbocycles. The number of rotatable bonds is 4. The first kappa shape index (κ1) is 15.5. The second kappa shape index (κ2) is 6.47. The van der Waals surface area contributed by atoms with E-state index in [1.807, 2.05) is 48.2 Å². The number of carbonyl (C=O) groups excluding carboxylic acids is 1. The zero-order chi connectivity index (χ0) is 17.2. The number of nitrogens with zero attached hydrogens (tertiary/aromatic N) is 4. The molecule has 2 aromatic heterocycles. The third-order valence-electron chi connectivity index (χ3n) is 4.40. The van der Waals surface area contributed by atoms with Crippen molar-refractivity contribution in [2.24, 2.45) is 0 Å². The third-order valence-corrected chi connectivity index (χ3v) is 4.40. The van der Waals surface area contributed by atoms with E-state index in [4.69, 9.17) is 4.52 Å². The Bertz CT molecular complexity index is 885. The lowest BCUT2D eigenvalue weighted by atomic mass is 9.98. The van der Waals surface area contributed by atoms with Gasteiger partial charge in [0.2, 0.25) is 17.6 Å². The molecule has 3 aromatic rings. The van der Waals surface area contributed by atoms with E-state index in [0.29, 0.717) is 31.2 Å². The fraction of sp³-hybridized carbons (Fsp3) is 0.263. The summed E-state index contributed by atoms with van der Waals surface area (Å²) in [6.07, 6.45) is 3.82. The Morgan fingerprint density at radius 1 is 1.24 bits per heavy atom. The minimum Gasteiger partial charge on any atom is -0.341 e. The molecule has 0 radical (unpaired) electrons. The van der Waals surface area contributed by atoms with Crippen LogP contribution < -0.4 is 0 Å². The van der Waals surface area contributed by atoms with E-state index in [1.54, 1.807) is 12.4 Å². The molecule has 0 spiro atoms. The first-order chi connectivity index (χ1) is 12.2. The average Bonchev–Trinajstić information content (AvgIpc) is 3.04. The standard InChI is InChI=1S/C19H18N4O2/c1-13-3-2-4-14(9-13)10-17(24)23-11-16(12-23)19-21-18(22-25-19)15-5-7-20-8-6-15/h2-9,16H,10-12H2,1H3. The number of benzene rings is 1. The molecule has 1 amide bonds. The van der Waals surface area contributed by atoms with Gasteiger partial charge >= 0.3 is 0 Å². The molecule has 0 atom stereocenters. The number of aromatic nitrogens is 3. The zero-order valence-corrected chi connectivity index (χ0v) is 13.9. The van der Waals surface area contributed by atoms with Gasteiger partial charge in [0.05, 0.1) is 12.3 Å². The normalized spacial score (nSPS) is 14.4. The number of hydrogen-bond donors (Lipinski definition) is 0. The highest BCUT2D eigenvalue weighted by Crippen LogP contribution is 2.28. The van der Waals surface area contributed by atoms with Gasteiger partial charge in [-0.05, 0) is 24.6 Å². The molecule has 6 heteroatoms. The summed E-state index contributed by atoms with van der Waals surface area (Å²) < 4.78 is 5.37. The number of aryl methyl sites for hydroxylation is 1. The largest absolute Gasteiger partial charge is 0.341 e. The molecule has 0 unspecified atom stereocenters. The fourth-order valence-corrected chi connectivity index (χ4v) is 2.97. The maximum Gasteiger partial charge on any atom is 0.233 e. The number of pyridine rings is 1. The van der Waals surface area contributed by atoms with Crippen molar-refractivity contribution in [2.75, 3.05) is 13.1 Å². The Balaban J connectivity index is 1.36. The molecule has 1 fully saturated rings. The summed E-state index contributed by atoms with van der Waals surface area (Å²) in [5.74, 6) is 1.40. The van der Waals surface area contributed by atoms with Crippen LogP contribution in [-0.4, -0.2) is 39.0 Å². The van der Waals surface area contributed by atoms with Gasteiger partial charge in [-0.15, -0.1) is 0 Å². The lowest BCUT2D eigenvalue weighted by molar-refractivity contribution is -0.135. The SMILES string of the molecule is Cc1cccc(CC(=O)N2CC(c3nc(-c4ccncc4)no3)C2)c1. The van der Waals surface area contributed by atoms with Gasteiger partial charge in [0.1, 0.15) is 0 Å². The fourth-order valence-electron chi connectivity index (χ4n) is 2.97. The van der Waals surface area contributed by atoms with Gasteiger partial charge in [0, 0.05) is 31.0 Å². The maximum atomic E-state index is 12.4. The number of amides is 1. The van der Waals surface area contributed by atoms with E-state index in [2.05, 4.69) is 15.1 Å². The molecule has 4 rings (SSSR count). The van der Waals surface area contributed by atoms with Gasteiger partial charge in [0.15, 0.2) is 0 Å². The van der Waals surface area contributed by atoms with Crippen molar-refractivity contribution in [3.05, 3.63) is 65.8 Å². The van der Waals surface area contributed by atoms with Crippen molar-refractivity contribution in [3.63, 3.8) is 0 Å². The lowest BCUT2D eigenvalue weighted by Gasteiger charge is -2.37. The van der Waals surface area contributed by atoms with Crippen LogP contribution in [0.1, 0.15) is 22.9 Å². The van der Waals surface area contributed by atoms with E-state index in [9.17, 15) is 4.79 Å². The van der Waals surface area contributed by atoms with Gasteiger partial charge in [-0.3, -0.25) is 9.78 Å². The molecule has 1 aliphatic heterocycles. The summed E-state index contributed by atoms with van der Waals surface area (Å²) in [5, 5.41) is 4.02. The van der Waals surface area contributed by atoms with E-state index in [0.717, 1.165) is 11.1 Å². The van der Waals surface area contributed by atoms with Crippen LogP contribution in [0.25, 0.3) is 11.4 Å². The van der Waals surface area contributed by atoms with Crippen LogP contribution in [0.4, 0.5) is 0 Å². The Morgan fingerprint density at radius 2 is 2.04 bits per heavy atom. The zero-order valence-electron chi connectivity index (χ0n) is 13.9. The molecule has 3 heterocycles. The van der Waals surface area contributed by atoms with Crippen LogP contribution in [0.5, 0.6) is 0 Å². The Kier molecular flexibility index (Phi) is 4.01. The highest BCUT2D eigenvalue weighted by Gasteiger charge is 2.35. The number of likely N-dealkylation sites (tertiary alicyclic amines) is 1. The summed E-state index contributed by atoms with van der Waals surface area (Å²) in [5.41, 5.74) is 3.09. The minimum atomic E-state index is 0.115. The molecular formula is C19H18N4O2. The van der Waals surface area contributed by atoms with E-state index < -0.39 is 0 Å². The molecule has 0 bridgehead atoms. The Hall–Kier alpha value is -3.02. The monoisotopic (exact) mass is 334 g/mol. The minimum absolute atomic E-state index is 0.115. The molecule has 6 nitrogen and oxygen atoms in total. The number of hydrogen-bond acceptors (Lipinski definition) is 5. The van der Waals surface area contributed by atoms with Crippen LogP contribution in [0, 0.1) is 6.92 Å². The molecule has 25 heavy (non-hydrogen) atoms. The lowest BCUT2D eigenvalue weighted by Crippen LogP contribution is -2.49. The first-order valence-corrected chi connectivity index (χ1v) is 8.26. The Morgan fingerprint density at radius 3 is 2.80 bits per heavy atom. The summed E-state index contributed by atoms with van der Waals surface area (Å²) in [7, 11) is 0. The van der Waals surface area contributed by atoms with Gasteiger partial charge in [-0.2, -0.15) is 4.98 Å². The predicted octanol–water partition coefficient (Wildman–Crippen LogP) is 2.61. The average molecular weight is 334 g/mol. The molecular weight excluding hydrogens is 316 g/mol. The van der Waals surface area contributed by atoms with Crippen LogP contribution in [0.2, 0.25) is 0 Å². The van der Waals surface area contributed by atoms with Crippen molar-refractivity contribution in [1.29, 1.82) is 0 Å². The van der Waals surface area contributed by atoms with E-state index >= 15 is 0 Å². The van der Waals surface area contributed by atoms with E-state index in [-0.39, 0.29) is 11.8 Å². The van der Waals surface area contributed by atoms with Crippen molar-refractivity contribution >= 4 is 5.91 Å². The third kappa shape index (κ3) is 3.28. The second-order valence-electron chi connectivity index (χ2n) is 6.35. The van der Waals surface area contributed by atoms with Gasteiger partial charge in [0.25, 0.3) is 0 Å². The first-order valence-electron chi connectivity index (χ1n) is 8.26. The van der Waals surface area contributed by atoms with Crippen LogP contribution in [0.3, 0.4) is 0 Å². The van der Waals surface area contributed by atoms with Crippen molar-refractivity contribution in [1.82, 2.24) is 20.0 Å².